The second kappa shape index (κ2) is 31.7. The number of hydrogen-bond acceptors (Lipinski definition) is 1. The van der Waals surface area contributed by atoms with Crippen LogP contribution in [0, 0.1) is 27.7 Å². The molecule has 0 aliphatic carbocycles. The summed E-state index contributed by atoms with van der Waals surface area (Å²) in [5.41, 5.74) is 40.6. The number of benzene rings is 20. The van der Waals surface area contributed by atoms with Crippen molar-refractivity contribution in [3.05, 3.63) is 483 Å². The molecule has 614 valence electrons. The summed E-state index contributed by atoms with van der Waals surface area (Å²) in [6, 6.07) is 169. The van der Waals surface area contributed by atoms with Crippen LogP contribution in [0.2, 0.25) is 0 Å². The van der Waals surface area contributed by atoms with Crippen molar-refractivity contribution in [2.75, 3.05) is 4.90 Å². The molecule has 0 spiro atoms. The SMILES string of the molecule is Cc1ccc2c(c1)c1cc(C)ccc1n2-c1ccc(-c2ccc3c(c2)c2cc(-c4ccc(-n5c6ccc(C)cc6c6cc(C)ccc65)cc4)ccc2n3-c2ccc(-c3ccccc3)cc2)cc1.c1ccc(-c2ccc(N(c3ccc(-c4ccc(-n5c6ccccc6c6ccccc65)cc4)cc3)c3ccc(-c4ccc(-n5c6ccccc6c6ccccc65)cc4)cc3)cc2)cc1. The van der Waals surface area contributed by atoms with Crippen molar-refractivity contribution < 1.29 is 0 Å². The summed E-state index contributed by atoms with van der Waals surface area (Å²) in [4.78, 5) is 2.35. The van der Waals surface area contributed by atoms with E-state index in [1.165, 1.54) is 198 Å². The summed E-state index contributed by atoms with van der Waals surface area (Å²) in [5.74, 6) is 0. The lowest BCUT2D eigenvalue weighted by Crippen LogP contribution is -2.09. The average Bonchev–Trinajstić information content (AvgIpc) is 1.63. The Labute approximate surface area is 754 Å². The molecule has 6 nitrogen and oxygen atoms in total. The second-order valence-corrected chi connectivity index (χ2v) is 34.7. The van der Waals surface area contributed by atoms with Crippen LogP contribution >= 0.6 is 0 Å². The molecule has 130 heavy (non-hydrogen) atoms. The van der Waals surface area contributed by atoms with Crippen molar-refractivity contribution in [2.45, 2.75) is 27.7 Å². The van der Waals surface area contributed by atoms with Crippen LogP contribution < -0.4 is 4.90 Å². The first-order chi connectivity index (χ1) is 64.1. The van der Waals surface area contributed by atoms with Crippen molar-refractivity contribution >= 4 is 126 Å². The Hall–Kier alpha value is -16.8. The van der Waals surface area contributed by atoms with Crippen molar-refractivity contribution in [3.63, 3.8) is 0 Å². The van der Waals surface area contributed by atoms with Crippen LogP contribution in [0.4, 0.5) is 17.1 Å². The highest BCUT2D eigenvalue weighted by molar-refractivity contribution is 6.15. The number of rotatable bonds is 14. The van der Waals surface area contributed by atoms with Crippen molar-refractivity contribution in [3.8, 4) is 95.2 Å². The Morgan fingerprint density at radius 3 is 0.538 bits per heavy atom. The van der Waals surface area contributed by atoms with Gasteiger partial charge < -0.3 is 27.7 Å². The fraction of sp³-hybridized carbons (Fsp3) is 0.0323. The highest BCUT2D eigenvalue weighted by Gasteiger charge is 2.22. The first-order valence-corrected chi connectivity index (χ1v) is 44.9. The quantitative estimate of drug-likeness (QED) is 0.107. The largest absolute Gasteiger partial charge is 0.311 e. The van der Waals surface area contributed by atoms with Gasteiger partial charge in [-0.1, -0.05) is 289 Å². The highest BCUT2D eigenvalue weighted by Crippen LogP contribution is 2.45. The van der Waals surface area contributed by atoms with Gasteiger partial charge in [0.25, 0.3) is 0 Å². The van der Waals surface area contributed by atoms with Gasteiger partial charge >= 0.3 is 0 Å². The third-order valence-corrected chi connectivity index (χ3v) is 26.6. The maximum absolute atomic E-state index is 2.43. The third kappa shape index (κ3) is 13.4. The molecule has 0 amide bonds. The second-order valence-electron chi connectivity index (χ2n) is 34.7. The molecule has 0 N–H and O–H groups in total. The van der Waals surface area contributed by atoms with E-state index in [1.807, 2.05) is 0 Å². The number of aromatic nitrogens is 5. The van der Waals surface area contributed by atoms with Crippen LogP contribution in [-0.4, -0.2) is 22.8 Å². The fourth-order valence-corrected chi connectivity index (χ4v) is 20.3. The van der Waals surface area contributed by atoms with Gasteiger partial charge in [-0.3, -0.25) is 0 Å². The fourth-order valence-electron chi connectivity index (χ4n) is 20.3. The molecule has 5 aromatic heterocycles. The lowest BCUT2D eigenvalue weighted by Gasteiger charge is -2.26. The minimum atomic E-state index is 1.09. The molecule has 0 saturated carbocycles. The van der Waals surface area contributed by atoms with Crippen molar-refractivity contribution in [1.82, 2.24) is 22.8 Å². The summed E-state index contributed by atoms with van der Waals surface area (Å²) in [6.45, 7) is 8.71. The van der Waals surface area contributed by atoms with Gasteiger partial charge in [-0.2, -0.15) is 0 Å². The van der Waals surface area contributed by atoms with Crippen LogP contribution in [0.3, 0.4) is 0 Å². The third-order valence-electron chi connectivity index (χ3n) is 26.6. The molecule has 0 aliphatic heterocycles. The summed E-state index contributed by atoms with van der Waals surface area (Å²) in [6.07, 6.45) is 0. The number of hydrogen-bond donors (Lipinski definition) is 0. The number of aryl methyl sites for hydroxylation is 4. The smallest absolute Gasteiger partial charge is 0.0541 e. The Morgan fingerprint density at radius 2 is 0.300 bits per heavy atom. The van der Waals surface area contributed by atoms with Gasteiger partial charge in [0.2, 0.25) is 0 Å². The Balaban J connectivity index is 0.000000144. The van der Waals surface area contributed by atoms with Crippen molar-refractivity contribution in [1.29, 1.82) is 0 Å². The highest BCUT2D eigenvalue weighted by atomic mass is 15.1. The first kappa shape index (κ1) is 76.8. The number of nitrogens with zero attached hydrogens (tertiary/aromatic N) is 6. The lowest BCUT2D eigenvalue weighted by atomic mass is 10.00. The molecule has 0 aliphatic rings. The van der Waals surface area contributed by atoms with Gasteiger partial charge in [0.15, 0.2) is 0 Å². The van der Waals surface area contributed by atoms with E-state index in [0.717, 1.165) is 45.5 Å². The molecule has 0 saturated heterocycles. The van der Waals surface area contributed by atoms with Crippen LogP contribution in [0.1, 0.15) is 22.3 Å². The van der Waals surface area contributed by atoms with E-state index in [0.29, 0.717) is 0 Å². The number of para-hydroxylation sites is 4. The Bertz CT molecular complexity index is 8020. The molecular weight excluding hydrogens is 1570 g/mol. The van der Waals surface area contributed by atoms with Gasteiger partial charge in [0.1, 0.15) is 0 Å². The van der Waals surface area contributed by atoms with Gasteiger partial charge in [0.05, 0.1) is 55.2 Å². The zero-order valence-electron chi connectivity index (χ0n) is 72.6. The average molecular weight is 1660 g/mol. The summed E-state index contributed by atoms with van der Waals surface area (Å²) in [5, 5.41) is 12.7. The minimum absolute atomic E-state index is 1.09. The zero-order chi connectivity index (χ0) is 86.6. The monoisotopic (exact) mass is 1660 g/mol. The molecule has 25 aromatic rings. The van der Waals surface area contributed by atoms with Gasteiger partial charge in [-0.05, 0) is 289 Å². The summed E-state index contributed by atoms with van der Waals surface area (Å²) in [7, 11) is 0. The van der Waals surface area contributed by atoms with E-state index in [4.69, 9.17) is 0 Å². The molecule has 0 bridgehead atoms. The normalized spacial score (nSPS) is 11.7. The van der Waals surface area contributed by atoms with Crippen LogP contribution in [0.25, 0.3) is 204 Å². The standard InChI is InChI=1S/C64H47N3.C60H41N3/c1-40-10-28-59-53(34-40)54-35-41(2)11-29-60(54)65(59)51-24-16-46(17-25-51)48-20-32-63-57(38-48)58-39-49(21-33-64(58)67(63)50-22-14-45(15-23-50)44-8-6-5-7-9-44)47-18-26-52(27-19-47)66-61-30-12-42(3)36-55(61)56-37-43(4)13-31-62(56)66;1-2-12-42(13-3-1)43-22-32-48(33-23-43)61(49-34-24-44(25-35-49)46-28-38-51(39-29-46)62-57-18-8-4-14-53(57)54-15-5-9-19-58(54)62)50-36-26-45(27-37-50)47-30-40-52(41-31-47)63-59-20-10-6-16-55(59)56-17-7-11-21-60(56)63/h5-39H,1-4H3;1-41H. The molecule has 25 rings (SSSR count). The van der Waals surface area contributed by atoms with Gasteiger partial charge in [0, 0.05) is 99.4 Å². The molecule has 6 heteroatoms. The summed E-state index contributed by atoms with van der Waals surface area (Å²) >= 11 is 0. The van der Waals surface area contributed by atoms with E-state index in [-0.39, 0.29) is 0 Å². The Kier molecular flexibility index (Phi) is 18.7. The topological polar surface area (TPSA) is 27.9 Å². The van der Waals surface area contributed by atoms with Gasteiger partial charge in [-0.15, -0.1) is 0 Å². The molecule has 0 unspecified atom stereocenters. The number of anilines is 3. The molecular formula is C124H88N6. The minimum Gasteiger partial charge on any atom is -0.311 e. The van der Waals surface area contributed by atoms with Crippen LogP contribution in [0.5, 0.6) is 0 Å². The Morgan fingerprint density at radius 1 is 0.131 bits per heavy atom. The maximum Gasteiger partial charge on any atom is 0.0541 e. The zero-order valence-corrected chi connectivity index (χ0v) is 72.6. The predicted molar refractivity (Wildman–Crippen MR) is 551 cm³/mol. The van der Waals surface area contributed by atoms with Gasteiger partial charge in [-0.25, -0.2) is 0 Å². The van der Waals surface area contributed by atoms with E-state index in [9.17, 15) is 0 Å². The van der Waals surface area contributed by atoms with Crippen LogP contribution in [0.15, 0.2) is 461 Å². The van der Waals surface area contributed by atoms with E-state index < -0.39 is 0 Å². The lowest BCUT2D eigenvalue weighted by molar-refractivity contribution is 1.18. The van der Waals surface area contributed by atoms with E-state index in [2.05, 4.69) is 516 Å². The number of fused-ring (bicyclic) bond motifs is 15. The molecule has 0 radical (unpaired) electrons. The molecule has 5 heterocycles. The predicted octanol–water partition coefficient (Wildman–Crippen LogP) is 33.6. The molecule has 20 aromatic carbocycles. The van der Waals surface area contributed by atoms with E-state index >= 15 is 0 Å². The van der Waals surface area contributed by atoms with Crippen molar-refractivity contribution in [2.24, 2.45) is 0 Å². The van der Waals surface area contributed by atoms with Crippen LogP contribution in [-0.2, 0) is 0 Å². The maximum atomic E-state index is 2.43. The molecule has 0 fully saturated rings. The summed E-state index contributed by atoms with van der Waals surface area (Å²) < 4.78 is 12.0. The van der Waals surface area contributed by atoms with E-state index in [1.54, 1.807) is 0 Å². The molecule has 0 atom stereocenters. The first-order valence-electron chi connectivity index (χ1n) is 44.9.